The molecule has 0 radical (unpaired) electrons. The monoisotopic (exact) mass is 418 g/mol. The lowest BCUT2D eigenvalue weighted by Crippen LogP contribution is -2.17. The standard InChI is InChI=1S/C26H34N4O/c1-2-30-24(16-15-18-9-4-3-5-10-18)28-29-25(30)21-17-22(21)26(31)27-23-14-8-12-19-11-6-7-13-20(19)23/h7-8,12-14,18,21-22H,2-6,9-11,15-17H2,1H3,(H,27,31)/t21-,22-/m0/s1. The SMILES string of the molecule is CCn1c(CCC2CCCCC2)nnc1[C@H]1C[C@@H]1C(=O)Nc1cccc2c1C=CCC2. The Morgan fingerprint density at radius 3 is 2.90 bits per heavy atom. The summed E-state index contributed by atoms with van der Waals surface area (Å²) in [6.07, 6.45) is 16.5. The number of nitrogens with zero attached hydrogens (tertiary/aromatic N) is 3. The molecule has 2 atom stereocenters. The van der Waals surface area contributed by atoms with Crippen molar-refractivity contribution < 1.29 is 4.79 Å². The van der Waals surface area contributed by atoms with Crippen molar-refractivity contribution in [2.24, 2.45) is 11.8 Å². The molecule has 31 heavy (non-hydrogen) atoms. The van der Waals surface area contributed by atoms with E-state index in [0.29, 0.717) is 0 Å². The number of nitrogens with one attached hydrogen (secondary N) is 1. The summed E-state index contributed by atoms with van der Waals surface area (Å²) in [6.45, 7) is 3.04. The number of amides is 1. The predicted molar refractivity (Wildman–Crippen MR) is 124 cm³/mol. The molecule has 1 amide bonds. The van der Waals surface area contributed by atoms with Crippen LogP contribution in [0, 0.1) is 11.8 Å². The lowest BCUT2D eigenvalue weighted by Gasteiger charge is -2.21. The molecule has 3 aliphatic rings. The van der Waals surface area contributed by atoms with Gasteiger partial charge in [0.2, 0.25) is 5.91 Å². The smallest absolute Gasteiger partial charge is 0.228 e. The van der Waals surface area contributed by atoms with Crippen LogP contribution in [-0.4, -0.2) is 20.7 Å². The van der Waals surface area contributed by atoms with Gasteiger partial charge in [-0.1, -0.05) is 56.4 Å². The lowest BCUT2D eigenvalue weighted by atomic mass is 9.86. The van der Waals surface area contributed by atoms with Crippen molar-refractivity contribution in [3.05, 3.63) is 47.1 Å². The van der Waals surface area contributed by atoms with Gasteiger partial charge in [-0.25, -0.2) is 0 Å². The average Bonchev–Trinajstić information content (AvgIpc) is 3.51. The number of benzene rings is 1. The van der Waals surface area contributed by atoms with Crippen LogP contribution < -0.4 is 5.32 Å². The van der Waals surface area contributed by atoms with Gasteiger partial charge >= 0.3 is 0 Å². The Hall–Kier alpha value is -2.43. The maximum Gasteiger partial charge on any atom is 0.228 e. The van der Waals surface area contributed by atoms with Crippen LogP contribution in [0.15, 0.2) is 24.3 Å². The van der Waals surface area contributed by atoms with Gasteiger partial charge in [0, 0.05) is 36.1 Å². The summed E-state index contributed by atoms with van der Waals surface area (Å²) < 4.78 is 2.27. The highest BCUT2D eigenvalue weighted by Crippen LogP contribution is 2.47. The van der Waals surface area contributed by atoms with E-state index in [9.17, 15) is 4.79 Å². The van der Waals surface area contributed by atoms with Crippen molar-refractivity contribution in [3.8, 4) is 0 Å². The molecule has 0 aliphatic heterocycles. The van der Waals surface area contributed by atoms with Crippen LogP contribution in [0.2, 0.25) is 0 Å². The van der Waals surface area contributed by atoms with Gasteiger partial charge in [-0.3, -0.25) is 4.79 Å². The van der Waals surface area contributed by atoms with Gasteiger partial charge in [0.25, 0.3) is 0 Å². The molecule has 5 heteroatoms. The van der Waals surface area contributed by atoms with Gasteiger partial charge in [-0.15, -0.1) is 10.2 Å². The van der Waals surface area contributed by atoms with Crippen molar-refractivity contribution >= 4 is 17.7 Å². The first kappa shape index (κ1) is 20.5. The largest absolute Gasteiger partial charge is 0.325 e. The van der Waals surface area contributed by atoms with Gasteiger partial charge in [0.15, 0.2) is 0 Å². The number of hydrogen-bond donors (Lipinski definition) is 1. The number of rotatable bonds is 7. The summed E-state index contributed by atoms with van der Waals surface area (Å²) in [5, 5.41) is 12.3. The van der Waals surface area contributed by atoms with Crippen LogP contribution in [0.1, 0.15) is 87.0 Å². The molecule has 2 saturated carbocycles. The normalized spacial score (nSPS) is 22.9. The van der Waals surface area contributed by atoms with E-state index in [1.165, 1.54) is 49.7 Å². The molecule has 164 valence electrons. The highest BCUT2D eigenvalue weighted by atomic mass is 16.2. The van der Waals surface area contributed by atoms with Crippen molar-refractivity contribution in [2.75, 3.05) is 5.32 Å². The van der Waals surface area contributed by atoms with Crippen LogP contribution in [0.5, 0.6) is 0 Å². The molecule has 1 N–H and O–H groups in total. The second-order valence-electron chi connectivity index (χ2n) is 9.52. The Balaban J connectivity index is 1.23. The van der Waals surface area contributed by atoms with E-state index in [-0.39, 0.29) is 17.7 Å². The number of anilines is 1. The maximum atomic E-state index is 13.0. The molecule has 1 heterocycles. The van der Waals surface area contributed by atoms with Crippen molar-refractivity contribution in [2.45, 2.75) is 83.6 Å². The Morgan fingerprint density at radius 1 is 1.19 bits per heavy atom. The summed E-state index contributed by atoms with van der Waals surface area (Å²) >= 11 is 0. The summed E-state index contributed by atoms with van der Waals surface area (Å²) in [7, 11) is 0. The van der Waals surface area contributed by atoms with Crippen LogP contribution in [0.25, 0.3) is 6.08 Å². The molecule has 1 aromatic heterocycles. The third-order valence-electron chi connectivity index (χ3n) is 7.45. The van der Waals surface area contributed by atoms with Crippen molar-refractivity contribution in [1.29, 1.82) is 0 Å². The van der Waals surface area contributed by atoms with E-state index in [2.05, 4.69) is 45.2 Å². The minimum atomic E-state index is 0.00382. The third-order valence-corrected chi connectivity index (χ3v) is 7.45. The number of allylic oxidation sites excluding steroid dienone is 1. The quantitative estimate of drug-likeness (QED) is 0.645. The Labute approximate surface area is 185 Å². The van der Waals surface area contributed by atoms with Crippen LogP contribution in [0.4, 0.5) is 5.69 Å². The lowest BCUT2D eigenvalue weighted by molar-refractivity contribution is -0.117. The van der Waals surface area contributed by atoms with E-state index in [1.807, 2.05) is 12.1 Å². The summed E-state index contributed by atoms with van der Waals surface area (Å²) in [5.41, 5.74) is 3.43. The molecule has 0 bridgehead atoms. The highest BCUT2D eigenvalue weighted by molar-refractivity contribution is 5.97. The molecule has 0 unspecified atom stereocenters. The fraction of sp³-hybridized carbons (Fsp3) is 0.577. The molecule has 2 fully saturated rings. The number of hydrogen-bond acceptors (Lipinski definition) is 3. The maximum absolute atomic E-state index is 13.0. The molecular formula is C26H34N4O. The van der Waals surface area contributed by atoms with Crippen molar-refractivity contribution in [1.82, 2.24) is 14.8 Å². The number of fused-ring (bicyclic) bond motifs is 1. The number of aryl methyl sites for hydroxylation is 2. The molecular weight excluding hydrogens is 384 g/mol. The van der Waals surface area contributed by atoms with Gasteiger partial charge in [-0.2, -0.15) is 0 Å². The third kappa shape index (κ3) is 4.32. The first-order valence-corrected chi connectivity index (χ1v) is 12.3. The zero-order chi connectivity index (χ0) is 21.2. The Bertz CT molecular complexity index is 970. The molecule has 5 nitrogen and oxygen atoms in total. The molecule has 5 rings (SSSR count). The van der Waals surface area contributed by atoms with E-state index < -0.39 is 0 Å². The second kappa shape index (κ2) is 8.97. The summed E-state index contributed by atoms with van der Waals surface area (Å²) in [5.74, 6) is 3.29. The summed E-state index contributed by atoms with van der Waals surface area (Å²) in [4.78, 5) is 13.0. The number of carbonyl (C=O) groups excluding carboxylic acids is 1. The zero-order valence-electron chi connectivity index (χ0n) is 18.6. The van der Waals surface area contributed by atoms with Gasteiger partial charge in [0.05, 0.1) is 0 Å². The Morgan fingerprint density at radius 2 is 2.06 bits per heavy atom. The van der Waals surface area contributed by atoms with E-state index in [0.717, 1.165) is 55.5 Å². The van der Waals surface area contributed by atoms with Gasteiger partial charge in [-0.05, 0) is 50.2 Å². The van der Waals surface area contributed by atoms with Gasteiger partial charge < -0.3 is 9.88 Å². The van der Waals surface area contributed by atoms with Crippen molar-refractivity contribution in [3.63, 3.8) is 0 Å². The second-order valence-corrected chi connectivity index (χ2v) is 9.52. The molecule has 2 aromatic rings. The number of carbonyl (C=O) groups is 1. The fourth-order valence-electron chi connectivity index (χ4n) is 5.53. The van der Waals surface area contributed by atoms with Crippen LogP contribution in [-0.2, 0) is 24.2 Å². The number of aromatic nitrogens is 3. The predicted octanol–water partition coefficient (Wildman–Crippen LogP) is 5.51. The summed E-state index contributed by atoms with van der Waals surface area (Å²) in [6, 6.07) is 6.22. The molecule has 1 aromatic carbocycles. The first-order valence-electron chi connectivity index (χ1n) is 12.3. The topological polar surface area (TPSA) is 59.8 Å². The van der Waals surface area contributed by atoms with Gasteiger partial charge in [0.1, 0.15) is 11.6 Å². The minimum Gasteiger partial charge on any atom is -0.325 e. The van der Waals surface area contributed by atoms with E-state index >= 15 is 0 Å². The fourth-order valence-corrected chi connectivity index (χ4v) is 5.53. The van der Waals surface area contributed by atoms with Crippen LogP contribution in [0.3, 0.4) is 0 Å². The van der Waals surface area contributed by atoms with E-state index in [1.54, 1.807) is 0 Å². The Kier molecular flexibility index (Phi) is 5.93. The van der Waals surface area contributed by atoms with E-state index in [4.69, 9.17) is 0 Å². The zero-order valence-corrected chi connectivity index (χ0v) is 18.6. The molecule has 0 saturated heterocycles. The molecule has 3 aliphatic carbocycles. The highest BCUT2D eigenvalue weighted by Gasteiger charge is 2.47. The average molecular weight is 419 g/mol. The molecule has 0 spiro atoms. The van der Waals surface area contributed by atoms with Crippen LogP contribution >= 0.6 is 0 Å². The minimum absolute atomic E-state index is 0.00382. The first-order chi connectivity index (χ1) is 15.2.